The van der Waals surface area contributed by atoms with Gasteiger partial charge in [0.05, 0.1) is 0 Å². The monoisotopic (exact) mass is 301 g/mol. The maximum absolute atomic E-state index is 11.6. The lowest BCUT2D eigenvalue weighted by atomic mass is 10.1. The molecule has 1 saturated heterocycles. The van der Waals surface area contributed by atoms with Crippen molar-refractivity contribution in [1.82, 2.24) is 4.90 Å². The van der Waals surface area contributed by atoms with Crippen LogP contribution >= 0.6 is 11.6 Å². The second-order valence-electron chi connectivity index (χ2n) is 5.37. The summed E-state index contributed by atoms with van der Waals surface area (Å²) in [6, 6.07) is 0. The van der Waals surface area contributed by atoms with Crippen LogP contribution in [0.3, 0.4) is 0 Å². The van der Waals surface area contributed by atoms with Crippen LogP contribution in [0.1, 0.15) is 33.6 Å². The molecule has 5 nitrogen and oxygen atoms in total. The van der Waals surface area contributed by atoms with Gasteiger partial charge < -0.3 is 9.64 Å². The molecule has 0 unspecified atom stereocenters. The smallest absolute Gasteiger partial charge is 0.410 e. The summed E-state index contributed by atoms with van der Waals surface area (Å²) in [7, 11) is 1.55. The first-order valence-electron chi connectivity index (χ1n) is 6.43. The van der Waals surface area contributed by atoms with Gasteiger partial charge in [0.1, 0.15) is 5.60 Å². The number of amides is 1. The van der Waals surface area contributed by atoms with Crippen molar-refractivity contribution < 1.29 is 9.53 Å². The molecule has 20 heavy (non-hydrogen) atoms. The Morgan fingerprint density at radius 1 is 1.35 bits per heavy atom. The van der Waals surface area contributed by atoms with Gasteiger partial charge in [-0.05, 0) is 51.9 Å². The third-order valence-electron chi connectivity index (χ3n) is 2.44. The zero-order chi connectivity index (χ0) is 15.8. The molecule has 1 aliphatic rings. The maximum atomic E-state index is 11.6. The molecule has 1 aliphatic heterocycles. The van der Waals surface area contributed by atoms with Gasteiger partial charge in [-0.15, -0.1) is 0 Å². The standard InChI is InChI=1S/C11H19NO2.C3H5ClN2/c1-9-5-7-12(8-6-9)10(13)14-11(2,3)4;1-5-3(4)6-2/h1,5-8H2,2-4H3;1H2,2H3. The van der Waals surface area contributed by atoms with E-state index >= 15 is 0 Å². The van der Waals surface area contributed by atoms with E-state index in [-0.39, 0.29) is 11.4 Å². The number of likely N-dealkylation sites (tertiary alicyclic amines) is 1. The second kappa shape index (κ2) is 8.74. The van der Waals surface area contributed by atoms with E-state index in [0.717, 1.165) is 25.9 Å². The van der Waals surface area contributed by atoms with Crippen molar-refractivity contribution in [2.45, 2.75) is 39.2 Å². The van der Waals surface area contributed by atoms with E-state index in [1.165, 1.54) is 5.57 Å². The summed E-state index contributed by atoms with van der Waals surface area (Å²) < 4.78 is 5.27. The lowest BCUT2D eigenvalue weighted by molar-refractivity contribution is 0.0236. The van der Waals surface area contributed by atoms with Crippen molar-refractivity contribution in [2.24, 2.45) is 9.98 Å². The highest BCUT2D eigenvalue weighted by Crippen LogP contribution is 2.17. The third kappa shape index (κ3) is 8.69. The summed E-state index contributed by atoms with van der Waals surface area (Å²) in [5.74, 6) is 0. The van der Waals surface area contributed by atoms with Gasteiger partial charge in [0, 0.05) is 20.1 Å². The molecule has 1 rings (SSSR count). The zero-order valence-corrected chi connectivity index (χ0v) is 13.5. The quantitative estimate of drug-likeness (QED) is 0.298. The predicted molar refractivity (Wildman–Crippen MR) is 84.9 cm³/mol. The number of aliphatic imine (C=N–C) groups is 2. The molecule has 0 N–H and O–H groups in total. The summed E-state index contributed by atoms with van der Waals surface area (Å²) in [6.07, 6.45) is 1.60. The Morgan fingerprint density at radius 3 is 2.15 bits per heavy atom. The van der Waals surface area contributed by atoms with Crippen LogP contribution in [0.15, 0.2) is 22.1 Å². The summed E-state index contributed by atoms with van der Waals surface area (Å²) in [6.45, 7) is 14.2. The normalized spacial score (nSPS) is 16.1. The fourth-order valence-electron chi connectivity index (χ4n) is 1.40. The first kappa shape index (κ1) is 18.6. The topological polar surface area (TPSA) is 54.3 Å². The van der Waals surface area contributed by atoms with E-state index in [1.54, 1.807) is 11.9 Å². The van der Waals surface area contributed by atoms with Gasteiger partial charge >= 0.3 is 6.09 Å². The molecule has 1 amide bonds. The fraction of sp³-hybridized carbons (Fsp3) is 0.643. The van der Waals surface area contributed by atoms with Crippen molar-refractivity contribution in [3.8, 4) is 0 Å². The molecule has 114 valence electrons. The van der Waals surface area contributed by atoms with Crippen LogP contribution in [-0.4, -0.2) is 48.7 Å². The molecule has 0 atom stereocenters. The van der Waals surface area contributed by atoms with Crippen molar-refractivity contribution in [1.29, 1.82) is 0 Å². The van der Waals surface area contributed by atoms with Crippen LogP contribution in [-0.2, 0) is 4.74 Å². The molecule has 0 aromatic rings. The van der Waals surface area contributed by atoms with Crippen molar-refractivity contribution >= 4 is 29.7 Å². The molecule has 0 radical (unpaired) electrons. The van der Waals surface area contributed by atoms with Crippen molar-refractivity contribution in [3.05, 3.63) is 12.2 Å². The number of carbonyl (C=O) groups excluding carboxylic acids is 1. The number of ether oxygens (including phenoxy) is 1. The van der Waals surface area contributed by atoms with E-state index in [0.29, 0.717) is 0 Å². The number of halogens is 1. The molecule has 0 saturated carbocycles. The number of nitrogens with zero attached hydrogens (tertiary/aromatic N) is 3. The molecule has 0 aromatic heterocycles. The molecule has 0 bridgehead atoms. The summed E-state index contributed by atoms with van der Waals surface area (Å²) >= 11 is 5.17. The average molecular weight is 302 g/mol. The number of hydrogen-bond donors (Lipinski definition) is 0. The number of amidine groups is 1. The van der Waals surface area contributed by atoms with E-state index in [4.69, 9.17) is 16.3 Å². The van der Waals surface area contributed by atoms with Gasteiger partial charge in [0.25, 0.3) is 0 Å². The van der Waals surface area contributed by atoms with Gasteiger partial charge in [-0.2, -0.15) is 0 Å². The average Bonchev–Trinajstić information content (AvgIpc) is 2.37. The Morgan fingerprint density at radius 2 is 1.85 bits per heavy atom. The SMILES string of the molecule is C=C1CCN(C(=O)OC(C)(C)C)CC1.C=NC(Cl)=NC. The van der Waals surface area contributed by atoms with Gasteiger partial charge in [-0.25, -0.2) is 9.79 Å². The second-order valence-corrected chi connectivity index (χ2v) is 5.71. The molecule has 0 aliphatic carbocycles. The number of hydrogen-bond acceptors (Lipinski definition) is 3. The van der Waals surface area contributed by atoms with Crippen molar-refractivity contribution in [3.63, 3.8) is 0 Å². The highest BCUT2D eigenvalue weighted by molar-refractivity contribution is 6.65. The highest BCUT2D eigenvalue weighted by atomic mass is 35.5. The van der Waals surface area contributed by atoms with Crippen LogP contribution < -0.4 is 0 Å². The van der Waals surface area contributed by atoms with E-state index in [9.17, 15) is 4.79 Å². The van der Waals surface area contributed by atoms with Crippen molar-refractivity contribution in [2.75, 3.05) is 20.1 Å². The van der Waals surface area contributed by atoms with Crippen LogP contribution in [0.25, 0.3) is 0 Å². The van der Waals surface area contributed by atoms with E-state index in [2.05, 4.69) is 23.3 Å². The van der Waals surface area contributed by atoms with Gasteiger partial charge in [0.2, 0.25) is 5.29 Å². The minimum absolute atomic E-state index is 0.204. The number of rotatable bonds is 0. The number of piperidine rings is 1. The predicted octanol–water partition coefficient (Wildman–Crippen LogP) is 3.49. The summed E-state index contributed by atoms with van der Waals surface area (Å²) in [5.41, 5.74) is 0.829. The van der Waals surface area contributed by atoms with Crippen LogP contribution in [0.5, 0.6) is 0 Å². The highest BCUT2D eigenvalue weighted by Gasteiger charge is 2.23. The summed E-state index contributed by atoms with van der Waals surface area (Å²) in [5, 5.41) is 0.204. The number of carbonyl (C=O) groups is 1. The summed E-state index contributed by atoms with van der Waals surface area (Å²) in [4.78, 5) is 20.1. The van der Waals surface area contributed by atoms with Crippen LogP contribution in [0.2, 0.25) is 0 Å². The first-order chi connectivity index (χ1) is 9.19. The Hall–Kier alpha value is -1.36. The minimum atomic E-state index is -0.397. The maximum Gasteiger partial charge on any atom is 0.410 e. The minimum Gasteiger partial charge on any atom is -0.444 e. The molecule has 1 fully saturated rings. The van der Waals surface area contributed by atoms with Crippen LogP contribution in [0, 0.1) is 0 Å². The molecule has 6 heteroatoms. The fourth-order valence-corrected chi connectivity index (χ4v) is 1.40. The Balaban J connectivity index is 0.000000511. The molecule has 0 spiro atoms. The van der Waals surface area contributed by atoms with Gasteiger partial charge in [0.15, 0.2) is 0 Å². The largest absolute Gasteiger partial charge is 0.444 e. The molecule has 1 heterocycles. The van der Waals surface area contributed by atoms with E-state index < -0.39 is 5.60 Å². The van der Waals surface area contributed by atoms with E-state index in [1.807, 2.05) is 20.8 Å². The molecule has 0 aromatic carbocycles. The van der Waals surface area contributed by atoms with Gasteiger partial charge in [-0.1, -0.05) is 12.2 Å². The Kier molecular flexibility index (Phi) is 8.15. The lowest BCUT2D eigenvalue weighted by Crippen LogP contribution is -2.40. The lowest BCUT2D eigenvalue weighted by Gasteiger charge is -2.30. The molecular weight excluding hydrogens is 278 g/mol. The Bertz CT molecular complexity index is 376. The molecular formula is C14H24ClN3O2. The third-order valence-corrected chi connectivity index (χ3v) is 2.73. The first-order valence-corrected chi connectivity index (χ1v) is 6.81. The van der Waals surface area contributed by atoms with Gasteiger partial charge in [-0.3, -0.25) is 4.99 Å². The Labute approximate surface area is 126 Å². The zero-order valence-electron chi connectivity index (χ0n) is 12.8. The van der Waals surface area contributed by atoms with Crippen LogP contribution in [0.4, 0.5) is 4.79 Å².